The molecule has 1 aliphatic rings. The quantitative estimate of drug-likeness (QED) is 0.851. The third-order valence-electron chi connectivity index (χ3n) is 3.15. The molecule has 20 heavy (non-hydrogen) atoms. The van der Waals surface area contributed by atoms with Crippen LogP contribution in [0, 0.1) is 0 Å². The van der Waals surface area contributed by atoms with Crippen LogP contribution in [0.1, 0.15) is 5.56 Å². The summed E-state index contributed by atoms with van der Waals surface area (Å²) in [5, 5.41) is 11.9. The van der Waals surface area contributed by atoms with Gasteiger partial charge in [0.05, 0.1) is 0 Å². The first-order valence-corrected chi connectivity index (χ1v) is 7.91. The van der Waals surface area contributed by atoms with E-state index in [9.17, 15) is 18.9 Å². The number of rotatable bonds is 4. The second-order valence-electron chi connectivity index (χ2n) is 4.57. The van der Waals surface area contributed by atoms with Gasteiger partial charge in [0.15, 0.2) is 0 Å². The number of benzene rings is 1. The molecular formula is C13H16N2O4S. The summed E-state index contributed by atoms with van der Waals surface area (Å²) >= 11 is 0. The number of carbonyl (C=O) groups is 2. The van der Waals surface area contributed by atoms with Gasteiger partial charge in [-0.1, -0.05) is 18.2 Å². The first-order chi connectivity index (χ1) is 9.50. The van der Waals surface area contributed by atoms with E-state index in [0.29, 0.717) is 17.9 Å². The standard InChI is InChI=1S/C13H16N2O4S/c1-20(19)7-6-14-13(18)15-10-5-3-2-4-9(10)8-11(15)12(16)17/h2-5,11H,6-8H2,1H3,(H,14,18)(H,16,17). The van der Waals surface area contributed by atoms with Crippen molar-refractivity contribution in [3.05, 3.63) is 29.8 Å². The van der Waals surface area contributed by atoms with Crippen LogP contribution in [0.3, 0.4) is 0 Å². The molecule has 1 heterocycles. The number of hydrogen-bond donors (Lipinski definition) is 2. The van der Waals surface area contributed by atoms with Gasteiger partial charge in [0, 0.05) is 41.5 Å². The summed E-state index contributed by atoms with van der Waals surface area (Å²) in [6.45, 7) is 0.257. The maximum atomic E-state index is 12.2. The molecule has 2 rings (SSSR count). The first kappa shape index (κ1) is 14.5. The fraction of sp³-hybridized carbons (Fsp3) is 0.385. The number of nitrogens with zero attached hydrogens (tertiary/aromatic N) is 1. The second kappa shape index (κ2) is 6.04. The van der Waals surface area contributed by atoms with Gasteiger partial charge in [-0.25, -0.2) is 9.59 Å². The Bertz CT molecular complexity index is 561. The maximum Gasteiger partial charge on any atom is 0.327 e. The van der Waals surface area contributed by atoms with Crippen LogP contribution in [0.25, 0.3) is 0 Å². The molecule has 0 fully saturated rings. The molecule has 2 atom stereocenters. The van der Waals surface area contributed by atoms with Crippen LogP contribution in [0.2, 0.25) is 0 Å². The highest BCUT2D eigenvalue weighted by molar-refractivity contribution is 7.84. The minimum Gasteiger partial charge on any atom is -0.480 e. The number of anilines is 1. The third kappa shape index (κ3) is 2.98. The van der Waals surface area contributed by atoms with E-state index >= 15 is 0 Å². The summed E-state index contributed by atoms with van der Waals surface area (Å²) in [5.41, 5.74) is 1.46. The van der Waals surface area contributed by atoms with E-state index in [1.807, 2.05) is 12.1 Å². The van der Waals surface area contributed by atoms with E-state index < -0.39 is 28.8 Å². The van der Waals surface area contributed by atoms with Gasteiger partial charge in [-0.15, -0.1) is 0 Å². The summed E-state index contributed by atoms with van der Waals surface area (Å²) in [7, 11) is -0.996. The SMILES string of the molecule is CS(=O)CCNC(=O)N1c2ccccc2CC1C(=O)O. The van der Waals surface area contributed by atoms with Gasteiger partial charge < -0.3 is 10.4 Å². The molecule has 2 N–H and O–H groups in total. The Morgan fingerprint density at radius 3 is 2.80 bits per heavy atom. The molecule has 2 unspecified atom stereocenters. The fourth-order valence-corrected chi connectivity index (χ4v) is 2.61. The van der Waals surface area contributed by atoms with Crippen molar-refractivity contribution < 1.29 is 18.9 Å². The molecule has 6 nitrogen and oxygen atoms in total. The highest BCUT2D eigenvalue weighted by Crippen LogP contribution is 2.32. The molecule has 1 aliphatic heterocycles. The number of aliphatic carboxylic acids is 1. The molecular weight excluding hydrogens is 280 g/mol. The van der Waals surface area contributed by atoms with Gasteiger partial charge in [-0.3, -0.25) is 9.11 Å². The van der Waals surface area contributed by atoms with E-state index in [1.54, 1.807) is 18.4 Å². The van der Waals surface area contributed by atoms with Crippen molar-refractivity contribution in [2.75, 3.05) is 23.5 Å². The number of carboxylic acids is 1. The summed E-state index contributed by atoms with van der Waals surface area (Å²) in [4.78, 5) is 24.7. The van der Waals surface area contributed by atoms with Gasteiger partial charge in [0.25, 0.3) is 0 Å². The van der Waals surface area contributed by atoms with E-state index in [4.69, 9.17) is 0 Å². The lowest BCUT2D eigenvalue weighted by atomic mass is 10.1. The molecule has 7 heteroatoms. The van der Waals surface area contributed by atoms with E-state index in [1.165, 1.54) is 4.90 Å². The minimum absolute atomic E-state index is 0.257. The topological polar surface area (TPSA) is 86.7 Å². The number of fused-ring (bicyclic) bond motifs is 1. The van der Waals surface area contributed by atoms with Crippen molar-refractivity contribution in [1.82, 2.24) is 5.32 Å². The maximum absolute atomic E-state index is 12.2. The molecule has 0 saturated heterocycles. The Kier molecular flexibility index (Phi) is 4.39. The average Bonchev–Trinajstić information content (AvgIpc) is 2.77. The number of nitrogens with one attached hydrogen (secondary N) is 1. The Morgan fingerprint density at radius 2 is 2.15 bits per heavy atom. The molecule has 1 aromatic carbocycles. The lowest BCUT2D eigenvalue weighted by molar-refractivity contribution is -0.138. The summed E-state index contributed by atoms with van der Waals surface area (Å²) in [6.07, 6.45) is 1.86. The molecule has 0 aromatic heterocycles. The second-order valence-corrected chi connectivity index (χ2v) is 6.12. The first-order valence-electron chi connectivity index (χ1n) is 6.18. The van der Waals surface area contributed by atoms with Crippen molar-refractivity contribution in [2.45, 2.75) is 12.5 Å². The zero-order valence-electron chi connectivity index (χ0n) is 11.0. The summed E-state index contributed by atoms with van der Waals surface area (Å²) in [5.74, 6) is -0.686. The number of para-hydroxylation sites is 1. The number of amides is 2. The van der Waals surface area contributed by atoms with Crippen LogP contribution in [0.4, 0.5) is 10.5 Å². The van der Waals surface area contributed by atoms with E-state index in [0.717, 1.165) is 5.56 Å². The summed E-state index contributed by atoms with van der Waals surface area (Å²) in [6, 6.07) is 5.78. The van der Waals surface area contributed by atoms with Crippen LogP contribution < -0.4 is 10.2 Å². The van der Waals surface area contributed by atoms with Crippen molar-refractivity contribution in [1.29, 1.82) is 0 Å². The number of carboxylic acid groups (broad SMARTS) is 1. The van der Waals surface area contributed by atoms with Crippen LogP contribution in [-0.2, 0) is 22.0 Å². The van der Waals surface area contributed by atoms with Gasteiger partial charge in [0.2, 0.25) is 0 Å². The molecule has 0 radical (unpaired) electrons. The molecule has 0 bridgehead atoms. The predicted molar refractivity (Wildman–Crippen MR) is 76.4 cm³/mol. The van der Waals surface area contributed by atoms with Crippen molar-refractivity contribution in [3.8, 4) is 0 Å². The van der Waals surface area contributed by atoms with Gasteiger partial charge in [0.1, 0.15) is 6.04 Å². The Balaban J connectivity index is 2.16. The lowest BCUT2D eigenvalue weighted by Gasteiger charge is -2.22. The van der Waals surface area contributed by atoms with Gasteiger partial charge in [-0.2, -0.15) is 0 Å². The molecule has 1 aromatic rings. The summed E-state index contributed by atoms with van der Waals surface area (Å²) < 4.78 is 11.0. The van der Waals surface area contributed by atoms with Crippen LogP contribution in [0.5, 0.6) is 0 Å². The predicted octanol–water partition coefficient (Wildman–Crippen LogP) is 0.590. The zero-order chi connectivity index (χ0) is 14.7. The minimum atomic E-state index is -1.03. The highest BCUT2D eigenvalue weighted by atomic mass is 32.2. The monoisotopic (exact) mass is 296 g/mol. The van der Waals surface area contributed by atoms with Crippen molar-refractivity contribution in [2.24, 2.45) is 0 Å². The largest absolute Gasteiger partial charge is 0.480 e. The number of hydrogen-bond acceptors (Lipinski definition) is 3. The van der Waals surface area contributed by atoms with Crippen LogP contribution in [-0.4, -0.2) is 45.9 Å². The fourth-order valence-electron chi connectivity index (χ4n) is 2.22. The highest BCUT2D eigenvalue weighted by Gasteiger charge is 2.38. The molecule has 0 aliphatic carbocycles. The molecule has 108 valence electrons. The lowest BCUT2D eigenvalue weighted by Crippen LogP contribution is -2.48. The van der Waals surface area contributed by atoms with E-state index in [2.05, 4.69) is 5.32 Å². The Hall–Kier alpha value is -1.89. The Labute approximate surface area is 119 Å². The Morgan fingerprint density at radius 1 is 1.45 bits per heavy atom. The smallest absolute Gasteiger partial charge is 0.327 e. The van der Waals surface area contributed by atoms with Gasteiger partial charge >= 0.3 is 12.0 Å². The number of carbonyl (C=O) groups excluding carboxylic acids is 1. The normalized spacial score (nSPS) is 18.4. The molecule has 2 amide bonds. The van der Waals surface area contributed by atoms with E-state index in [-0.39, 0.29) is 6.54 Å². The molecule has 0 saturated carbocycles. The average molecular weight is 296 g/mol. The molecule has 0 spiro atoms. The van der Waals surface area contributed by atoms with Crippen molar-refractivity contribution >= 4 is 28.5 Å². The van der Waals surface area contributed by atoms with Crippen LogP contribution in [0.15, 0.2) is 24.3 Å². The zero-order valence-corrected chi connectivity index (χ0v) is 11.9. The third-order valence-corrected chi connectivity index (χ3v) is 3.92. The number of urea groups is 1. The van der Waals surface area contributed by atoms with Gasteiger partial charge in [-0.05, 0) is 11.6 Å². The van der Waals surface area contributed by atoms with Crippen LogP contribution >= 0.6 is 0 Å². The van der Waals surface area contributed by atoms with Crippen molar-refractivity contribution in [3.63, 3.8) is 0 Å².